The molecule has 2 amide bonds. The molecule has 0 aliphatic rings. The van der Waals surface area contributed by atoms with Crippen LogP contribution in [0.4, 0.5) is 0 Å². The van der Waals surface area contributed by atoms with E-state index in [0.29, 0.717) is 23.1 Å². The summed E-state index contributed by atoms with van der Waals surface area (Å²) in [6, 6.07) is 16.0. The van der Waals surface area contributed by atoms with Crippen molar-refractivity contribution < 1.29 is 18.8 Å². The van der Waals surface area contributed by atoms with E-state index in [2.05, 4.69) is 10.5 Å². The van der Waals surface area contributed by atoms with E-state index in [-0.39, 0.29) is 18.1 Å². The lowest BCUT2D eigenvalue weighted by Gasteiger charge is -2.19. The molecule has 0 saturated carbocycles. The van der Waals surface area contributed by atoms with Gasteiger partial charge in [0, 0.05) is 35.8 Å². The quantitative estimate of drug-likeness (QED) is 0.641. The molecule has 0 spiro atoms. The van der Waals surface area contributed by atoms with Gasteiger partial charge < -0.3 is 19.5 Å². The molecule has 0 aliphatic heterocycles. The Labute approximate surface area is 173 Å². The van der Waals surface area contributed by atoms with Crippen LogP contribution in [0.1, 0.15) is 16.1 Å². The van der Waals surface area contributed by atoms with E-state index >= 15 is 0 Å². The average Bonchev–Trinajstić information content (AvgIpc) is 3.23. The summed E-state index contributed by atoms with van der Waals surface area (Å²) in [6.45, 7) is 0.117. The minimum absolute atomic E-state index is 0.107. The van der Waals surface area contributed by atoms with Gasteiger partial charge in [-0.15, -0.1) is 0 Å². The van der Waals surface area contributed by atoms with E-state index in [0.717, 1.165) is 11.1 Å². The number of aromatic nitrogens is 1. The number of ether oxygens (including phenoxy) is 1. The number of amides is 2. The first kappa shape index (κ1) is 20.4. The summed E-state index contributed by atoms with van der Waals surface area (Å²) in [7, 11) is 3.19. The Balaban J connectivity index is 1.57. The fraction of sp³-hybridized carbons (Fsp3) is 0.190. The average molecular weight is 414 g/mol. The third kappa shape index (κ3) is 5.14. The van der Waals surface area contributed by atoms with Gasteiger partial charge in [0.15, 0.2) is 11.5 Å². The van der Waals surface area contributed by atoms with Gasteiger partial charge in [0.1, 0.15) is 5.75 Å². The molecule has 150 valence electrons. The van der Waals surface area contributed by atoms with Crippen LogP contribution in [0.15, 0.2) is 59.1 Å². The highest BCUT2D eigenvalue weighted by atomic mass is 35.5. The summed E-state index contributed by atoms with van der Waals surface area (Å²) in [4.78, 5) is 26.1. The maximum atomic E-state index is 12.4. The summed E-state index contributed by atoms with van der Waals surface area (Å²) in [6.07, 6.45) is 0. The van der Waals surface area contributed by atoms with Crippen molar-refractivity contribution in [2.45, 2.75) is 6.54 Å². The van der Waals surface area contributed by atoms with E-state index in [1.807, 2.05) is 30.3 Å². The molecule has 0 aliphatic carbocycles. The molecular formula is C21H20ClN3O4. The zero-order valence-corrected chi connectivity index (χ0v) is 16.8. The van der Waals surface area contributed by atoms with E-state index in [1.165, 1.54) is 11.0 Å². The second-order valence-corrected chi connectivity index (χ2v) is 6.77. The van der Waals surface area contributed by atoms with Gasteiger partial charge in [-0.3, -0.25) is 9.59 Å². The number of halogens is 1. The van der Waals surface area contributed by atoms with Crippen LogP contribution in [0, 0.1) is 0 Å². The first-order valence-electron chi connectivity index (χ1n) is 8.84. The van der Waals surface area contributed by atoms with E-state index < -0.39 is 5.91 Å². The molecular weight excluding hydrogens is 394 g/mol. The lowest BCUT2D eigenvalue weighted by Crippen LogP contribution is -2.38. The fourth-order valence-corrected chi connectivity index (χ4v) is 2.91. The Kier molecular flexibility index (Phi) is 6.51. The summed E-state index contributed by atoms with van der Waals surface area (Å²) < 4.78 is 10.5. The zero-order valence-electron chi connectivity index (χ0n) is 16.0. The molecule has 1 N–H and O–H groups in total. The highest BCUT2D eigenvalue weighted by molar-refractivity contribution is 6.30. The first-order valence-corrected chi connectivity index (χ1v) is 9.22. The Morgan fingerprint density at radius 2 is 1.93 bits per heavy atom. The summed E-state index contributed by atoms with van der Waals surface area (Å²) >= 11 is 6.02. The molecule has 0 radical (unpaired) electrons. The number of likely N-dealkylation sites (N-methyl/N-ethyl adjacent to an activating group) is 1. The van der Waals surface area contributed by atoms with Crippen molar-refractivity contribution in [3.63, 3.8) is 0 Å². The van der Waals surface area contributed by atoms with Crippen LogP contribution in [0.5, 0.6) is 5.75 Å². The normalized spacial score (nSPS) is 10.4. The Morgan fingerprint density at radius 1 is 1.17 bits per heavy atom. The maximum Gasteiger partial charge on any atom is 0.273 e. The minimum atomic E-state index is -0.488. The number of carbonyl (C=O) groups excluding carboxylic acids is 2. The molecule has 1 aromatic heterocycles. The molecule has 0 atom stereocenters. The van der Waals surface area contributed by atoms with Crippen LogP contribution in [-0.4, -0.2) is 42.6 Å². The lowest BCUT2D eigenvalue weighted by molar-refractivity contribution is -0.129. The Bertz CT molecular complexity index is 1000. The predicted octanol–water partition coefficient (Wildman–Crippen LogP) is 3.39. The molecule has 1 heterocycles. The van der Waals surface area contributed by atoms with Crippen LogP contribution >= 0.6 is 11.6 Å². The zero-order chi connectivity index (χ0) is 20.8. The second kappa shape index (κ2) is 9.25. The number of nitrogens with zero attached hydrogens (tertiary/aromatic N) is 2. The van der Waals surface area contributed by atoms with Crippen molar-refractivity contribution in [3.8, 4) is 17.1 Å². The molecule has 0 saturated heterocycles. The van der Waals surface area contributed by atoms with Crippen molar-refractivity contribution >= 4 is 23.4 Å². The van der Waals surface area contributed by atoms with Crippen molar-refractivity contribution in [2.75, 3.05) is 20.7 Å². The molecule has 2 aromatic carbocycles. The lowest BCUT2D eigenvalue weighted by atomic mass is 10.1. The molecule has 3 aromatic rings. The fourth-order valence-electron chi connectivity index (χ4n) is 2.72. The minimum Gasteiger partial charge on any atom is -0.496 e. The van der Waals surface area contributed by atoms with Gasteiger partial charge in [-0.05, 0) is 18.2 Å². The van der Waals surface area contributed by atoms with Gasteiger partial charge in [-0.2, -0.15) is 0 Å². The summed E-state index contributed by atoms with van der Waals surface area (Å²) in [5, 5.41) is 6.88. The van der Waals surface area contributed by atoms with Gasteiger partial charge in [-0.25, -0.2) is 0 Å². The largest absolute Gasteiger partial charge is 0.496 e. The molecule has 3 rings (SSSR count). The van der Waals surface area contributed by atoms with Gasteiger partial charge in [0.05, 0.1) is 13.7 Å². The number of rotatable bonds is 7. The molecule has 0 fully saturated rings. The van der Waals surface area contributed by atoms with Crippen LogP contribution in [-0.2, 0) is 11.3 Å². The number of benzene rings is 2. The second-order valence-electron chi connectivity index (χ2n) is 6.33. The van der Waals surface area contributed by atoms with Crippen molar-refractivity contribution in [1.82, 2.24) is 15.4 Å². The van der Waals surface area contributed by atoms with Crippen LogP contribution < -0.4 is 10.1 Å². The number of carbonyl (C=O) groups is 2. The third-order valence-corrected chi connectivity index (χ3v) is 4.51. The molecule has 8 heteroatoms. The summed E-state index contributed by atoms with van der Waals surface area (Å²) in [5.41, 5.74) is 1.69. The van der Waals surface area contributed by atoms with E-state index in [9.17, 15) is 9.59 Å². The van der Waals surface area contributed by atoms with Crippen LogP contribution in [0.25, 0.3) is 11.3 Å². The van der Waals surface area contributed by atoms with E-state index in [4.69, 9.17) is 20.9 Å². The van der Waals surface area contributed by atoms with Crippen LogP contribution in [0.3, 0.4) is 0 Å². The highest BCUT2D eigenvalue weighted by Gasteiger charge is 2.17. The standard InChI is InChI=1S/C21H20ClN3O4/c1-25(13-15-10-16(22)8-9-18(15)28-2)20(26)12-23-21(27)17-11-19(29-24-17)14-6-4-3-5-7-14/h3-11H,12-13H2,1-2H3,(H,23,27). The number of hydrogen-bond donors (Lipinski definition) is 1. The molecule has 0 unspecified atom stereocenters. The highest BCUT2D eigenvalue weighted by Crippen LogP contribution is 2.24. The van der Waals surface area contributed by atoms with E-state index in [1.54, 1.807) is 32.4 Å². The number of hydrogen-bond acceptors (Lipinski definition) is 5. The Morgan fingerprint density at radius 3 is 2.66 bits per heavy atom. The Hall–Kier alpha value is -3.32. The van der Waals surface area contributed by atoms with Crippen LogP contribution in [0.2, 0.25) is 5.02 Å². The van der Waals surface area contributed by atoms with Gasteiger partial charge in [-0.1, -0.05) is 47.1 Å². The van der Waals surface area contributed by atoms with Gasteiger partial charge in [0.25, 0.3) is 5.91 Å². The van der Waals surface area contributed by atoms with Crippen molar-refractivity contribution in [1.29, 1.82) is 0 Å². The molecule has 7 nitrogen and oxygen atoms in total. The number of methoxy groups -OCH3 is 1. The first-order chi connectivity index (χ1) is 14.0. The molecule has 29 heavy (non-hydrogen) atoms. The molecule has 0 bridgehead atoms. The van der Waals surface area contributed by atoms with Gasteiger partial charge in [0.2, 0.25) is 5.91 Å². The maximum absolute atomic E-state index is 12.4. The smallest absolute Gasteiger partial charge is 0.273 e. The monoisotopic (exact) mass is 413 g/mol. The third-order valence-electron chi connectivity index (χ3n) is 4.28. The topological polar surface area (TPSA) is 84.7 Å². The summed E-state index contributed by atoms with van der Waals surface area (Å²) in [5.74, 6) is 0.353. The van der Waals surface area contributed by atoms with Gasteiger partial charge >= 0.3 is 0 Å². The van der Waals surface area contributed by atoms with Crippen molar-refractivity contribution in [3.05, 3.63) is 70.9 Å². The number of nitrogens with one attached hydrogen (secondary N) is 1. The van der Waals surface area contributed by atoms with Crippen molar-refractivity contribution in [2.24, 2.45) is 0 Å². The SMILES string of the molecule is COc1ccc(Cl)cc1CN(C)C(=O)CNC(=O)c1cc(-c2ccccc2)on1. The predicted molar refractivity (Wildman–Crippen MR) is 109 cm³/mol.